The minimum Gasteiger partial charge on any atom is -0.469 e. The number of hydrogen-bond acceptors (Lipinski definition) is 3. The fourth-order valence-electron chi connectivity index (χ4n) is 1.14. The van der Waals surface area contributed by atoms with Crippen LogP contribution in [0.25, 0.3) is 0 Å². The number of terminal acetylenes is 1. The Kier molecular flexibility index (Phi) is 5.98. The average molecular weight is 197 g/mol. The van der Waals surface area contributed by atoms with Gasteiger partial charge in [-0.1, -0.05) is 19.8 Å². The highest BCUT2D eigenvalue weighted by atomic mass is 16.5. The Morgan fingerprint density at radius 1 is 1.57 bits per heavy atom. The van der Waals surface area contributed by atoms with Gasteiger partial charge in [-0.3, -0.25) is 4.79 Å². The minimum absolute atomic E-state index is 0.0251. The van der Waals surface area contributed by atoms with E-state index in [0.717, 1.165) is 6.42 Å². The zero-order valence-electron chi connectivity index (χ0n) is 9.33. The molecule has 0 aromatic heterocycles. The van der Waals surface area contributed by atoms with Gasteiger partial charge in [0.2, 0.25) is 0 Å². The summed E-state index contributed by atoms with van der Waals surface area (Å²) in [5.74, 6) is 2.24. The molecule has 0 amide bonds. The summed E-state index contributed by atoms with van der Waals surface area (Å²) < 4.78 is 4.65. The minimum atomic E-state index is -0.211. The predicted molar refractivity (Wildman–Crippen MR) is 56.7 cm³/mol. The van der Waals surface area contributed by atoms with Crippen molar-refractivity contribution in [3.63, 3.8) is 0 Å². The molecule has 80 valence electrons. The van der Waals surface area contributed by atoms with Gasteiger partial charge >= 0.3 is 5.97 Å². The third-order valence-electron chi connectivity index (χ3n) is 2.40. The molecule has 3 heteroatoms. The second-order valence-electron chi connectivity index (χ2n) is 3.39. The molecule has 3 nitrogen and oxygen atoms in total. The van der Waals surface area contributed by atoms with Gasteiger partial charge in [0, 0.05) is 6.04 Å². The fourth-order valence-corrected chi connectivity index (χ4v) is 1.14. The van der Waals surface area contributed by atoms with Crippen LogP contribution in [0.5, 0.6) is 0 Å². The van der Waals surface area contributed by atoms with E-state index in [1.807, 2.05) is 20.8 Å². The summed E-state index contributed by atoms with van der Waals surface area (Å²) >= 11 is 0. The Hall–Kier alpha value is -1.01. The van der Waals surface area contributed by atoms with Gasteiger partial charge in [-0.05, 0) is 13.3 Å². The monoisotopic (exact) mass is 197 g/mol. The lowest BCUT2D eigenvalue weighted by Crippen LogP contribution is -2.42. The number of esters is 1. The molecule has 0 aliphatic heterocycles. The quantitative estimate of drug-likeness (QED) is 0.531. The van der Waals surface area contributed by atoms with Gasteiger partial charge < -0.3 is 10.1 Å². The van der Waals surface area contributed by atoms with Gasteiger partial charge in [-0.2, -0.15) is 0 Å². The van der Waals surface area contributed by atoms with Crippen LogP contribution in [0.3, 0.4) is 0 Å². The van der Waals surface area contributed by atoms with Crippen molar-refractivity contribution in [3.05, 3.63) is 0 Å². The molecule has 0 aliphatic carbocycles. The SMILES string of the molecule is C#CC(CC)NC(C)C(C)C(=O)OC. The maximum Gasteiger partial charge on any atom is 0.309 e. The number of carbonyl (C=O) groups excluding carboxylic acids is 1. The van der Waals surface area contributed by atoms with Gasteiger partial charge in [-0.25, -0.2) is 0 Å². The van der Waals surface area contributed by atoms with Crippen molar-refractivity contribution >= 4 is 5.97 Å². The number of hydrogen-bond donors (Lipinski definition) is 1. The molecule has 0 heterocycles. The highest BCUT2D eigenvalue weighted by molar-refractivity contribution is 5.72. The standard InChI is InChI=1S/C11H19NO2/c1-6-10(7-2)12-9(4)8(3)11(13)14-5/h1,8-10,12H,7H2,2-5H3. The van der Waals surface area contributed by atoms with E-state index in [1.54, 1.807) is 0 Å². The van der Waals surface area contributed by atoms with E-state index in [9.17, 15) is 4.79 Å². The summed E-state index contributed by atoms with van der Waals surface area (Å²) in [6.07, 6.45) is 6.17. The lowest BCUT2D eigenvalue weighted by molar-refractivity contribution is -0.145. The molecule has 3 unspecified atom stereocenters. The van der Waals surface area contributed by atoms with Gasteiger partial charge in [-0.15, -0.1) is 6.42 Å². The van der Waals surface area contributed by atoms with Crippen LogP contribution >= 0.6 is 0 Å². The number of carbonyl (C=O) groups is 1. The summed E-state index contributed by atoms with van der Waals surface area (Å²) in [6.45, 7) is 5.77. The van der Waals surface area contributed by atoms with E-state index < -0.39 is 0 Å². The summed E-state index contributed by atoms with van der Waals surface area (Å²) in [5, 5.41) is 3.19. The first-order chi connectivity index (χ1) is 6.56. The van der Waals surface area contributed by atoms with Crippen LogP contribution in [0, 0.1) is 18.3 Å². The zero-order chi connectivity index (χ0) is 11.1. The molecule has 0 radical (unpaired) electrons. The number of rotatable bonds is 5. The number of ether oxygens (including phenoxy) is 1. The van der Waals surface area contributed by atoms with Gasteiger partial charge in [0.1, 0.15) is 0 Å². The summed E-state index contributed by atoms with van der Waals surface area (Å²) in [7, 11) is 1.39. The molecule has 0 aromatic carbocycles. The van der Waals surface area contributed by atoms with Crippen molar-refractivity contribution in [1.82, 2.24) is 5.32 Å². The maximum absolute atomic E-state index is 11.2. The highest BCUT2D eigenvalue weighted by Gasteiger charge is 2.21. The normalized spacial score (nSPS) is 16.5. The first-order valence-electron chi connectivity index (χ1n) is 4.86. The Bertz CT molecular complexity index is 220. The van der Waals surface area contributed by atoms with Gasteiger partial charge in [0.05, 0.1) is 19.1 Å². The summed E-state index contributed by atoms with van der Waals surface area (Å²) in [5.41, 5.74) is 0. The Balaban J connectivity index is 4.13. The molecular weight excluding hydrogens is 178 g/mol. The van der Waals surface area contributed by atoms with E-state index >= 15 is 0 Å². The molecule has 0 aliphatic rings. The van der Waals surface area contributed by atoms with Crippen LogP contribution < -0.4 is 5.32 Å². The molecule has 1 N–H and O–H groups in total. The first-order valence-corrected chi connectivity index (χ1v) is 4.86. The molecule has 0 saturated heterocycles. The zero-order valence-corrected chi connectivity index (χ0v) is 9.33. The second-order valence-corrected chi connectivity index (χ2v) is 3.39. The first kappa shape index (κ1) is 13.0. The third-order valence-corrected chi connectivity index (χ3v) is 2.40. The lowest BCUT2D eigenvalue weighted by atomic mass is 10.0. The largest absolute Gasteiger partial charge is 0.469 e. The summed E-state index contributed by atoms with van der Waals surface area (Å²) in [4.78, 5) is 11.2. The van der Waals surface area contributed by atoms with Crippen LogP contribution in [0.4, 0.5) is 0 Å². The van der Waals surface area contributed by atoms with E-state index in [4.69, 9.17) is 6.42 Å². The molecule has 3 atom stereocenters. The van der Waals surface area contributed by atoms with E-state index in [-0.39, 0.29) is 24.0 Å². The molecule has 0 spiro atoms. The predicted octanol–water partition coefficient (Wildman–Crippen LogP) is 1.19. The molecule has 14 heavy (non-hydrogen) atoms. The van der Waals surface area contributed by atoms with Crippen LogP contribution in [0.2, 0.25) is 0 Å². The van der Waals surface area contributed by atoms with Gasteiger partial charge in [0.25, 0.3) is 0 Å². The van der Waals surface area contributed by atoms with E-state index in [2.05, 4.69) is 16.0 Å². The van der Waals surface area contributed by atoms with Gasteiger partial charge in [0.15, 0.2) is 0 Å². The molecule has 0 fully saturated rings. The molecular formula is C11H19NO2. The number of methoxy groups -OCH3 is 1. The molecule has 0 saturated carbocycles. The topological polar surface area (TPSA) is 38.3 Å². The molecule has 0 aromatic rings. The van der Waals surface area contributed by atoms with Crippen molar-refractivity contribution in [2.75, 3.05) is 7.11 Å². The van der Waals surface area contributed by atoms with Crippen LogP contribution in [-0.2, 0) is 9.53 Å². The Labute approximate surface area is 86.2 Å². The van der Waals surface area contributed by atoms with E-state index in [0.29, 0.717) is 0 Å². The van der Waals surface area contributed by atoms with Crippen molar-refractivity contribution in [2.45, 2.75) is 39.3 Å². The van der Waals surface area contributed by atoms with Crippen LogP contribution in [-0.4, -0.2) is 25.2 Å². The highest BCUT2D eigenvalue weighted by Crippen LogP contribution is 2.06. The average Bonchev–Trinajstić information content (AvgIpc) is 2.23. The van der Waals surface area contributed by atoms with Crippen molar-refractivity contribution < 1.29 is 9.53 Å². The smallest absolute Gasteiger partial charge is 0.309 e. The third kappa shape index (κ3) is 3.80. The molecule has 0 rings (SSSR count). The van der Waals surface area contributed by atoms with Crippen molar-refractivity contribution in [1.29, 1.82) is 0 Å². The molecule has 0 bridgehead atoms. The lowest BCUT2D eigenvalue weighted by Gasteiger charge is -2.22. The Morgan fingerprint density at radius 3 is 2.50 bits per heavy atom. The van der Waals surface area contributed by atoms with Crippen molar-refractivity contribution in [3.8, 4) is 12.3 Å². The number of nitrogens with one attached hydrogen (secondary N) is 1. The maximum atomic E-state index is 11.2. The summed E-state index contributed by atoms with van der Waals surface area (Å²) in [6, 6.07) is 0.0561. The van der Waals surface area contributed by atoms with E-state index in [1.165, 1.54) is 7.11 Å². The second kappa shape index (κ2) is 6.44. The fraction of sp³-hybridized carbons (Fsp3) is 0.727. The van der Waals surface area contributed by atoms with Crippen LogP contribution in [0.15, 0.2) is 0 Å². The van der Waals surface area contributed by atoms with Crippen molar-refractivity contribution in [2.24, 2.45) is 5.92 Å². The Morgan fingerprint density at radius 2 is 2.14 bits per heavy atom. The van der Waals surface area contributed by atoms with Crippen LogP contribution in [0.1, 0.15) is 27.2 Å².